The highest BCUT2D eigenvalue weighted by atomic mass is 127. The van der Waals surface area contributed by atoms with Crippen molar-refractivity contribution < 1.29 is 4.39 Å². The van der Waals surface area contributed by atoms with E-state index in [0.717, 1.165) is 63.9 Å². The van der Waals surface area contributed by atoms with E-state index >= 15 is 0 Å². The van der Waals surface area contributed by atoms with Gasteiger partial charge in [-0.05, 0) is 38.1 Å². The van der Waals surface area contributed by atoms with Crippen LogP contribution in [0.25, 0.3) is 0 Å². The van der Waals surface area contributed by atoms with E-state index in [9.17, 15) is 4.39 Å². The molecule has 0 atom stereocenters. The molecule has 2 N–H and O–H groups in total. The fourth-order valence-electron chi connectivity index (χ4n) is 3.49. The van der Waals surface area contributed by atoms with Crippen LogP contribution >= 0.6 is 24.0 Å². The minimum atomic E-state index is -0.133. The van der Waals surface area contributed by atoms with Gasteiger partial charge in [-0.25, -0.2) is 9.38 Å². The van der Waals surface area contributed by atoms with Gasteiger partial charge in [0.2, 0.25) is 0 Å². The van der Waals surface area contributed by atoms with E-state index in [-0.39, 0.29) is 29.8 Å². The topological polar surface area (TPSA) is 60.7 Å². The highest BCUT2D eigenvalue weighted by molar-refractivity contribution is 14.0. The lowest BCUT2D eigenvalue weighted by Crippen LogP contribution is -2.47. The first-order valence-corrected chi connectivity index (χ1v) is 10.4. The Labute approximate surface area is 195 Å². The van der Waals surface area contributed by atoms with E-state index in [1.54, 1.807) is 12.3 Å². The lowest BCUT2D eigenvalue weighted by Gasteiger charge is -2.36. The number of anilines is 1. The number of aromatic nitrogens is 2. The summed E-state index contributed by atoms with van der Waals surface area (Å²) in [6.07, 6.45) is 2.83. The number of halogens is 2. The summed E-state index contributed by atoms with van der Waals surface area (Å²) in [5.74, 6) is 0.699. The van der Waals surface area contributed by atoms with Crippen LogP contribution in [0.2, 0.25) is 0 Å². The average molecular weight is 529 g/mol. The van der Waals surface area contributed by atoms with Crippen molar-refractivity contribution >= 4 is 35.6 Å². The van der Waals surface area contributed by atoms with Gasteiger partial charge in [-0.1, -0.05) is 12.1 Å². The standard InChI is InChI=1S/C21H32FN7.HI/c1-3-23-21(25-17-18-9-11-26-27(18)2)24-10-6-12-28-13-15-29(16-14-28)20-8-5-4-7-19(20)22;/h4-5,7-9,11H,3,6,10,12-17H2,1-2H3,(H2,23,24,25);1H. The van der Waals surface area contributed by atoms with Gasteiger partial charge in [-0.3, -0.25) is 9.58 Å². The normalized spacial score (nSPS) is 15.0. The van der Waals surface area contributed by atoms with Crippen LogP contribution in [0.3, 0.4) is 0 Å². The third-order valence-electron chi connectivity index (χ3n) is 5.17. The maximum Gasteiger partial charge on any atom is 0.191 e. The molecule has 0 bridgehead atoms. The molecule has 9 heteroatoms. The molecule has 1 aromatic heterocycles. The van der Waals surface area contributed by atoms with Crippen molar-refractivity contribution in [1.82, 2.24) is 25.3 Å². The summed E-state index contributed by atoms with van der Waals surface area (Å²) in [6, 6.07) is 9.01. The molecule has 30 heavy (non-hydrogen) atoms. The Kier molecular flexibility index (Phi) is 10.4. The summed E-state index contributed by atoms with van der Waals surface area (Å²) in [6.45, 7) is 9.04. The van der Waals surface area contributed by atoms with Crippen molar-refractivity contribution in [3.8, 4) is 0 Å². The molecule has 1 aromatic carbocycles. The second-order valence-electron chi connectivity index (χ2n) is 7.20. The van der Waals surface area contributed by atoms with Crippen molar-refractivity contribution in [2.75, 3.05) is 50.7 Å². The van der Waals surface area contributed by atoms with Crippen molar-refractivity contribution in [2.45, 2.75) is 19.9 Å². The molecule has 166 valence electrons. The summed E-state index contributed by atoms with van der Waals surface area (Å²) >= 11 is 0. The van der Waals surface area contributed by atoms with Crippen LogP contribution in [-0.2, 0) is 13.6 Å². The Morgan fingerprint density at radius 3 is 2.57 bits per heavy atom. The van der Waals surface area contributed by atoms with Crippen molar-refractivity contribution in [3.05, 3.63) is 48.0 Å². The lowest BCUT2D eigenvalue weighted by atomic mass is 10.2. The van der Waals surface area contributed by atoms with Crippen molar-refractivity contribution in [3.63, 3.8) is 0 Å². The van der Waals surface area contributed by atoms with Crippen LogP contribution in [0.1, 0.15) is 19.0 Å². The van der Waals surface area contributed by atoms with Crippen LogP contribution in [0.4, 0.5) is 10.1 Å². The second-order valence-corrected chi connectivity index (χ2v) is 7.20. The Balaban J connectivity index is 0.00000320. The zero-order valence-corrected chi connectivity index (χ0v) is 20.2. The van der Waals surface area contributed by atoms with E-state index in [1.807, 2.05) is 29.9 Å². The molecule has 2 aromatic rings. The summed E-state index contributed by atoms with van der Waals surface area (Å²) in [5, 5.41) is 10.9. The average Bonchev–Trinajstić information content (AvgIpc) is 3.15. The lowest BCUT2D eigenvalue weighted by molar-refractivity contribution is 0.254. The van der Waals surface area contributed by atoms with E-state index in [1.165, 1.54) is 6.07 Å². The maximum absolute atomic E-state index is 13.9. The molecule has 1 saturated heterocycles. The largest absolute Gasteiger partial charge is 0.367 e. The second kappa shape index (κ2) is 12.7. The Morgan fingerprint density at radius 2 is 1.90 bits per heavy atom. The fraction of sp³-hybridized carbons (Fsp3) is 0.524. The molecule has 0 saturated carbocycles. The van der Waals surface area contributed by atoms with Gasteiger partial charge in [0.1, 0.15) is 5.82 Å². The van der Waals surface area contributed by atoms with E-state index in [4.69, 9.17) is 0 Å². The van der Waals surface area contributed by atoms with Gasteiger partial charge in [0, 0.05) is 52.5 Å². The van der Waals surface area contributed by atoms with Crippen LogP contribution < -0.4 is 15.5 Å². The van der Waals surface area contributed by atoms with Crippen LogP contribution in [0.5, 0.6) is 0 Å². The number of para-hydroxylation sites is 1. The number of aliphatic imine (C=N–C) groups is 1. The SMILES string of the molecule is CCNC(=NCc1ccnn1C)NCCCN1CCN(c2ccccc2F)CC1.I. The first-order valence-electron chi connectivity index (χ1n) is 10.4. The molecule has 1 fully saturated rings. The van der Waals surface area contributed by atoms with Gasteiger partial charge in [0.25, 0.3) is 0 Å². The molecule has 0 spiro atoms. The van der Waals surface area contributed by atoms with Crippen LogP contribution in [0, 0.1) is 5.82 Å². The summed E-state index contributed by atoms with van der Waals surface area (Å²) < 4.78 is 15.8. The highest BCUT2D eigenvalue weighted by Crippen LogP contribution is 2.20. The molecular formula is C21H33FIN7. The molecule has 0 unspecified atom stereocenters. The maximum atomic E-state index is 13.9. The first kappa shape index (κ1) is 24.4. The summed E-state index contributed by atoms with van der Waals surface area (Å²) in [4.78, 5) is 9.21. The number of hydrogen-bond acceptors (Lipinski definition) is 4. The number of rotatable bonds is 8. The summed E-state index contributed by atoms with van der Waals surface area (Å²) in [5.41, 5.74) is 1.80. The molecule has 1 aliphatic rings. The molecule has 7 nitrogen and oxygen atoms in total. The van der Waals surface area contributed by atoms with Gasteiger partial charge >= 0.3 is 0 Å². The molecule has 1 aliphatic heterocycles. The zero-order chi connectivity index (χ0) is 20.5. The molecule has 0 aliphatic carbocycles. The Bertz CT molecular complexity index is 787. The third kappa shape index (κ3) is 7.12. The number of piperazine rings is 1. The van der Waals surface area contributed by atoms with Gasteiger partial charge in [-0.15, -0.1) is 24.0 Å². The van der Waals surface area contributed by atoms with Gasteiger partial charge in [0.05, 0.1) is 17.9 Å². The monoisotopic (exact) mass is 529 g/mol. The van der Waals surface area contributed by atoms with E-state index < -0.39 is 0 Å². The van der Waals surface area contributed by atoms with Crippen LogP contribution in [-0.4, -0.2) is 66.5 Å². The zero-order valence-electron chi connectivity index (χ0n) is 17.9. The minimum Gasteiger partial charge on any atom is -0.367 e. The highest BCUT2D eigenvalue weighted by Gasteiger charge is 2.18. The molecule has 3 rings (SSSR count). The molecular weight excluding hydrogens is 496 g/mol. The number of nitrogens with zero attached hydrogens (tertiary/aromatic N) is 5. The summed E-state index contributed by atoms with van der Waals surface area (Å²) in [7, 11) is 1.93. The fourth-order valence-corrected chi connectivity index (χ4v) is 3.49. The Hall–Kier alpha value is -1.88. The predicted molar refractivity (Wildman–Crippen MR) is 131 cm³/mol. The van der Waals surface area contributed by atoms with E-state index in [2.05, 4.69) is 37.4 Å². The van der Waals surface area contributed by atoms with Gasteiger partial charge < -0.3 is 15.5 Å². The molecule has 0 amide bonds. The number of nitrogens with one attached hydrogen (secondary N) is 2. The molecule has 0 radical (unpaired) electrons. The van der Waals surface area contributed by atoms with Crippen LogP contribution in [0.15, 0.2) is 41.5 Å². The number of guanidine groups is 1. The Morgan fingerprint density at radius 1 is 1.13 bits per heavy atom. The van der Waals surface area contributed by atoms with Gasteiger partial charge in [0.15, 0.2) is 5.96 Å². The number of aryl methyl sites for hydroxylation is 1. The van der Waals surface area contributed by atoms with E-state index in [0.29, 0.717) is 12.2 Å². The van der Waals surface area contributed by atoms with Crippen molar-refractivity contribution in [1.29, 1.82) is 0 Å². The van der Waals surface area contributed by atoms with Gasteiger partial charge in [-0.2, -0.15) is 5.10 Å². The van der Waals surface area contributed by atoms with Crippen molar-refractivity contribution in [2.24, 2.45) is 12.0 Å². The quantitative estimate of drug-likeness (QED) is 0.238. The number of hydrogen-bond donors (Lipinski definition) is 2. The first-order chi connectivity index (χ1) is 14.2. The molecule has 2 heterocycles. The third-order valence-corrected chi connectivity index (χ3v) is 5.17. The minimum absolute atomic E-state index is 0. The predicted octanol–water partition coefficient (Wildman–Crippen LogP) is 2.44. The smallest absolute Gasteiger partial charge is 0.191 e. The number of benzene rings is 1.